The third kappa shape index (κ3) is 4.28. The van der Waals surface area contributed by atoms with Gasteiger partial charge in [-0.25, -0.2) is 0 Å². The summed E-state index contributed by atoms with van der Waals surface area (Å²) in [6, 6.07) is 0.845. The summed E-state index contributed by atoms with van der Waals surface area (Å²) < 4.78 is 0. The van der Waals surface area contributed by atoms with Crippen molar-refractivity contribution in [1.82, 2.24) is 5.32 Å². The number of hydrogen-bond donors (Lipinski definition) is 1. The number of rotatable bonds is 7. The van der Waals surface area contributed by atoms with Gasteiger partial charge in [-0.05, 0) is 50.5 Å². The summed E-state index contributed by atoms with van der Waals surface area (Å²) in [5.41, 5.74) is 0. The van der Waals surface area contributed by atoms with Gasteiger partial charge in [0.05, 0.1) is 0 Å². The zero-order valence-electron chi connectivity index (χ0n) is 11.7. The predicted molar refractivity (Wildman–Crippen MR) is 75.2 cm³/mol. The SMILES string of the molecule is CCCNC(CCC1CCCC1)C1CCCC1. The Hall–Kier alpha value is -0.0400. The predicted octanol–water partition coefficient (Wildman–Crippen LogP) is 4.52. The van der Waals surface area contributed by atoms with E-state index in [4.69, 9.17) is 0 Å². The van der Waals surface area contributed by atoms with Gasteiger partial charge in [0, 0.05) is 6.04 Å². The first-order valence-corrected chi connectivity index (χ1v) is 8.13. The molecule has 0 heterocycles. The second kappa shape index (κ2) is 7.41. The molecular weight excluding hydrogens is 206 g/mol. The van der Waals surface area contributed by atoms with Crippen molar-refractivity contribution in [2.75, 3.05) is 6.54 Å². The van der Waals surface area contributed by atoms with E-state index in [0.29, 0.717) is 0 Å². The fourth-order valence-corrected chi connectivity index (χ4v) is 3.91. The van der Waals surface area contributed by atoms with Crippen LogP contribution in [0.1, 0.15) is 77.6 Å². The van der Waals surface area contributed by atoms with Gasteiger partial charge in [0.2, 0.25) is 0 Å². The Morgan fingerprint density at radius 1 is 1.00 bits per heavy atom. The molecule has 2 fully saturated rings. The second-order valence-corrected chi connectivity index (χ2v) is 6.33. The van der Waals surface area contributed by atoms with Gasteiger partial charge >= 0.3 is 0 Å². The molecule has 1 heteroatoms. The molecular formula is C16H31N. The molecule has 0 aromatic rings. The molecule has 1 nitrogen and oxygen atoms in total. The summed E-state index contributed by atoms with van der Waals surface area (Å²) in [5, 5.41) is 3.84. The number of hydrogen-bond acceptors (Lipinski definition) is 1. The van der Waals surface area contributed by atoms with E-state index in [1.54, 1.807) is 0 Å². The van der Waals surface area contributed by atoms with Gasteiger partial charge in [-0.2, -0.15) is 0 Å². The molecule has 100 valence electrons. The third-order valence-electron chi connectivity index (χ3n) is 4.99. The van der Waals surface area contributed by atoms with Crippen LogP contribution < -0.4 is 5.32 Å². The van der Waals surface area contributed by atoms with Crippen LogP contribution in [0, 0.1) is 11.8 Å². The maximum atomic E-state index is 3.84. The lowest BCUT2D eigenvalue weighted by molar-refractivity contribution is 0.312. The molecule has 2 rings (SSSR count). The Morgan fingerprint density at radius 2 is 1.65 bits per heavy atom. The van der Waals surface area contributed by atoms with Gasteiger partial charge < -0.3 is 5.32 Å². The first-order valence-electron chi connectivity index (χ1n) is 8.13. The Kier molecular flexibility index (Phi) is 5.84. The summed E-state index contributed by atoms with van der Waals surface area (Å²) in [7, 11) is 0. The lowest BCUT2D eigenvalue weighted by Crippen LogP contribution is -2.36. The molecule has 1 N–H and O–H groups in total. The van der Waals surface area contributed by atoms with Crippen LogP contribution in [0.3, 0.4) is 0 Å². The largest absolute Gasteiger partial charge is 0.314 e. The Balaban J connectivity index is 1.72. The standard InChI is InChI=1S/C16H31N/c1-2-13-17-16(15-9-5-6-10-15)12-11-14-7-3-4-8-14/h14-17H,2-13H2,1H3. The Morgan fingerprint density at radius 3 is 2.29 bits per heavy atom. The lowest BCUT2D eigenvalue weighted by atomic mass is 9.90. The maximum Gasteiger partial charge on any atom is 0.00954 e. The monoisotopic (exact) mass is 237 g/mol. The minimum Gasteiger partial charge on any atom is -0.314 e. The van der Waals surface area contributed by atoms with Crippen LogP contribution in [0.15, 0.2) is 0 Å². The molecule has 0 aliphatic heterocycles. The second-order valence-electron chi connectivity index (χ2n) is 6.33. The summed E-state index contributed by atoms with van der Waals surface area (Å²) in [4.78, 5) is 0. The molecule has 0 radical (unpaired) electrons. The van der Waals surface area contributed by atoms with Crippen LogP contribution in [0.25, 0.3) is 0 Å². The van der Waals surface area contributed by atoms with E-state index < -0.39 is 0 Å². The van der Waals surface area contributed by atoms with Gasteiger partial charge in [0.1, 0.15) is 0 Å². The molecule has 0 aromatic heterocycles. The van der Waals surface area contributed by atoms with Crippen LogP contribution in [0.4, 0.5) is 0 Å². The lowest BCUT2D eigenvalue weighted by Gasteiger charge is -2.26. The number of nitrogens with one attached hydrogen (secondary N) is 1. The van der Waals surface area contributed by atoms with Crippen molar-refractivity contribution in [3.63, 3.8) is 0 Å². The smallest absolute Gasteiger partial charge is 0.00954 e. The molecule has 0 aromatic carbocycles. The summed E-state index contributed by atoms with van der Waals surface area (Å²) in [6.07, 6.45) is 16.2. The highest BCUT2D eigenvalue weighted by Gasteiger charge is 2.25. The van der Waals surface area contributed by atoms with Crippen molar-refractivity contribution in [2.45, 2.75) is 83.6 Å². The zero-order chi connectivity index (χ0) is 11.9. The van der Waals surface area contributed by atoms with Gasteiger partial charge in [-0.3, -0.25) is 0 Å². The highest BCUT2D eigenvalue weighted by Crippen LogP contribution is 2.33. The minimum absolute atomic E-state index is 0.845. The van der Waals surface area contributed by atoms with Crippen LogP contribution in [0.5, 0.6) is 0 Å². The zero-order valence-corrected chi connectivity index (χ0v) is 11.7. The van der Waals surface area contributed by atoms with E-state index in [9.17, 15) is 0 Å². The van der Waals surface area contributed by atoms with Crippen molar-refractivity contribution in [3.05, 3.63) is 0 Å². The molecule has 1 unspecified atom stereocenters. The summed E-state index contributed by atoms with van der Waals surface area (Å²) >= 11 is 0. The van der Waals surface area contributed by atoms with Crippen LogP contribution in [-0.2, 0) is 0 Å². The van der Waals surface area contributed by atoms with E-state index in [0.717, 1.165) is 17.9 Å². The topological polar surface area (TPSA) is 12.0 Å². The van der Waals surface area contributed by atoms with Gasteiger partial charge in [-0.1, -0.05) is 45.4 Å². The average molecular weight is 237 g/mol. The van der Waals surface area contributed by atoms with E-state index in [1.807, 2.05) is 0 Å². The third-order valence-corrected chi connectivity index (χ3v) is 4.99. The van der Waals surface area contributed by atoms with Crippen molar-refractivity contribution in [1.29, 1.82) is 0 Å². The van der Waals surface area contributed by atoms with E-state index in [2.05, 4.69) is 12.2 Å². The van der Waals surface area contributed by atoms with Crippen molar-refractivity contribution >= 4 is 0 Å². The molecule has 0 bridgehead atoms. The van der Waals surface area contributed by atoms with Crippen molar-refractivity contribution in [2.24, 2.45) is 11.8 Å². The first-order chi connectivity index (χ1) is 8.40. The van der Waals surface area contributed by atoms with Gasteiger partial charge in [0.25, 0.3) is 0 Å². The molecule has 2 aliphatic rings. The maximum absolute atomic E-state index is 3.84. The average Bonchev–Trinajstić information content (AvgIpc) is 3.01. The molecule has 1 atom stereocenters. The minimum atomic E-state index is 0.845. The Bertz CT molecular complexity index is 190. The van der Waals surface area contributed by atoms with Crippen molar-refractivity contribution < 1.29 is 0 Å². The van der Waals surface area contributed by atoms with Crippen LogP contribution >= 0.6 is 0 Å². The highest BCUT2D eigenvalue weighted by molar-refractivity contribution is 4.82. The fourth-order valence-electron chi connectivity index (χ4n) is 3.91. The quantitative estimate of drug-likeness (QED) is 0.686. The molecule has 0 amide bonds. The molecule has 0 saturated heterocycles. The van der Waals surface area contributed by atoms with E-state index in [1.165, 1.54) is 77.2 Å². The summed E-state index contributed by atoms with van der Waals surface area (Å²) in [5.74, 6) is 2.07. The fraction of sp³-hybridized carbons (Fsp3) is 1.00. The van der Waals surface area contributed by atoms with Crippen LogP contribution in [-0.4, -0.2) is 12.6 Å². The molecule has 0 spiro atoms. The van der Waals surface area contributed by atoms with Gasteiger partial charge in [0.15, 0.2) is 0 Å². The van der Waals surface area contributed by atoms with Gasteiger partial charge in [-0.15, -0.1) is 0 Å². The molecule has 2 aliphatic carbocycles. The van der Waals surface area contributed by atoms with E-state index >= 15 is 0 Å². The van der Waals surface area contributed by atoms with Crippen molar-refractivity contribution in [3.8, 4) is 0 Å². The molecule has 2 saturated carbocycles. The Labute approximate surface area is 108 Å². The van der Waals surface area contributed by atoms with E-state index in [-0.39, 0.29) is 0 Å². The summed E-state index contributed by atoms with van der Waals surface area (Å²) in [6.45, 7) is 3.52. The molecule has 17 heavy (non-hydrogen) atoms. The first kappa shape index (κ1) is 13.4. The normalized spacial score (nSPS) is 24.5. The van der Waals surface area contributed by atoms with Crippen LogP contribution in [0.2, 0.25) is 0 Å². The highest BCUT2D eigenvalue weighted by atomic mass is 14.9.